The molecule has 0 spiro atoms. The summed E-state index contributed by atoms with van der Waals surface area (Å²) in [6.45, 7) is 3.42. The maximum atomic E-state index is 15.5. The Hall–Kier alpha value is -3.29. The molecule has 0 bridgehead atoms. The molecule has 2 atom stereocenters. The van der Waals surface area contributed by atoms with Gasteiger partial charge in [0.15, 0.2) is 0 Å². The number of pyridine rings is 1. The van der Waals surface area contributed by atoms with Crippen LogP contribution in [0, 0.1) is 5.92 Å². The SMILES string of the molecule is COC(C=O)CCCCCn1c(=O)c(C2CCS(=O)(=O)CC2)cc2c(NC(C)c3cccc(C(F)(F)C4CCNCC4)c3)ncnc21. The van der Waals surface area contributed by atoms with E-state index in [2.05, 4.69) is 20.6 Å². The normalized spacial score (nSPS) is 19.0. The summed E-state index contributed by atoms with van der Waals surface area (Å²) in [5.41, 5.74) is 1.45. The van der Waals surface area contributed by atoms with E-state index >= 15 is 8.78 Å². The number of ether oxygens (including phenoxy) is 1. The van der Waals surface area contributed by atoms with Crippen LogP contribution in [0.3, 0.4) is 0 Å². The molecule has 47 heavy (non-hydrogen) atoms. The molecule has 2 aliphatic heterocycles. The van der Waals surface area contributed by atoms with Gasteiger partial charge in [-0.2, -0.15) is 0 Å². The number of rotatable bonds is 14. The first-order valence-corrected chi connectivity index (χ1v) is 18.4. The van der Waals surface area contributed by atoms with Gasteiger partial charge in [-0.15, -0.1) is 0 Å². The number of nitrogens with one attached hydrogen (secondary N) is 2. The average molecular weight is 674 g/mol. The number of methoxy groups -OCH3 is 1. The molecule has 2 fully saturated rings. The molecule has 0 amide bonds. The third kappa shape index (κ3) is 8.24. The van der Waals surface area contributed by atoms with Crippen LogP contribution in [0.2, 0.25) is 0 Å². The van der Waals surface area contributed by atoms with E-state index in [-0.39, 0.29) is 28.5 Å². The number of hydrogen-bond acceptors (Lipinski definition) is 9. The molecule has 1 aromatic carbocycles. The van der Waals surface area contributed by atoms with Crippen LogP contribution >= 0.6 is 0 Å². The molecule has 0 aliphatic carbocycles. The van der Waals surface area contributed by atoms with E-state index < -0.39 is 33.8 Å². The number of aromatic nitrogens is 3. The molecule has 2 saturated heterocycles. The second kappa shape index (κ2) is 15.3. The van der Waals surface area contributed by atoms with Gasteiger partial charge in [0.25, 0.3) is 11.5 Å². The van der Waals surface area contributed by atoms with Crippen molar-refractivity contribution in [3.8, 4) is 0 Å². The Bertz CT molecular complexity index is 1700. The van der Waals surface area contributed by atoms with Gasteiger partial charge in [0, 0.05) is 36.7 Å². The highest BCUT2D eigenvalue weighted by molar-refractivity contribution is 7.91. The van der Waals surface area contributed by atoms with Gasteiger partial charge >= 0.3 is 0 Å². The van der Waals surface area contributed by atoms with Crippen LogP contribution < -0.4 is 16.2 Å². The molecule has 13 heteroatoms. The van der Waals surface area contributed by atoms with Crippen LogP contribution in [-0.2, 0) is 31.8 Å². The largest absolute Gasteiger partial charge is 0.374 e. The van der Waals surface area contributed by atoms with E-state index in [1.54, 1.807) is 22.8 Å². The van der Waals surface area contributed by atoms with Gasteiger partial charge in [0.1, 0.15) is 40.0 Å². The molecular formula is C34H45F2N5O5S. The van der Waals surface area contributed by atoms with E-state index in [4.69, 9.17) is 4.74 Å². The summed E-state index contributed by atoms with van der Waals surface area (Å²) < 4.78 is 62.2. The number of anilines is 1. The van der Waals surface area contributed by atoms with Gasteiger partial charge in [-0.25, -0.2) is 27.2 Å². The van der Waals surface area contributed by atoms with Crippen molar-refractivity contribution >= 4 is 33.0 Å². The highest BCUT2D eigenvalue weighted by Crippen LogP contribution is 2.41. The topological polar surface area (TPSA) is 132 Å². The zero-order valence-electron chi connectivity index (χ0n) is 27.1. The molecule has 10 nitrogen and oxygen atoms in total. The molecule has 2 aliphatic rings. The Morgan fingerprint density at radius 2 is 1.85 bits per heavy atom. The number of sulfone groups is 1. The average Bonchev–Trinajstić information content (AvgIpc) is 3.08. The number of carbonyl (C=O) groups is 1. The van der Waals surface area contributed by atoms with Crippen molar-refractivity contribution in [2.24, 2.45) is 5.92 Å². The predicted octanol–water partition coefficient (Wildman–Crippen LogP) is 5.12. The summed E-state index contributed by atoms with van der Waals surface area (Å²) in [6, 6.07) is 7.90. The van der Waals surface area contributed by atoms with Crippen molar-refractivity contribution in [1.29, 1.82) is 0 Å². The minimum Gasteiger partial charge on any atom is -0.374 e. The number of nitrogens with zero attached hydrogens (tertiary/aromatic N) is 3. The molecule has 2 N–H and O–H groups in total. The maximum absolute atomic E-state index is 15.5. The number of aldehydes is 1. The Kier molecular flexibility index (Phi) is 11.4. The monoisotopic (exact) mass is 673 g/mol. The lowest BCUT2D eigenvalue weighted by molar-refractivity contribution is -0.116. The highest BCUT2D eigenvalue weighted by atomic mass is 32.2. The Morgan fingerprint density at radius 3 is 2.55 bits per heavy atom. The lowest BCUT2D eigenvalue weighted by Crippen LogP contribution is -2.36. The fourth-order valence-electron chi connectivity index (χ4n) is 6.78. The predicted molar refractivity (Wildman–Crippen MR) is 178 cm³/mol. The lowest BCUT2D eigenvalue weighted by Gasteiger charge is -2.31. The first-order chi connectivity index (χ1) is 22.5. The van der Waals surface area contributed by atoms with Crippen molar-refractivity contribution in [1.82, 2.24) is 19.9 Å². The standard InChI is InChI=1S/C34H45F2N5O5S/c1-23(25-7-6-8-27(19-25)34(35,36)26-10-14-37-15-11-26)40-31-30-20-29(24-12-17-47(44,45)18-13-24)33(43)41(32(30)39-22-38-31)16-5-3-4-9-28(21-42)46-2/h6-8,19-24,26,28,37H,3-5,9-18H2,1-2H3,(H,38,39,40). The second-order valence-electron chi connectivity index (χ2n) is 12.8. The molecular weight excluding hydrogens is 628 g/mol. The van der Waals surface area contributed by atoms with E-state index in [1.807, 2.05) is 13.0 Å². The van der Waals surface area contributed by atoms with Crippen LogP contribution in [0.5, 0.6) is 0 Å². The van der Waals surface area contributed by atoms with Crippen molar-refractivity contribution in [2.45, 2.75) is 88.8 Å². The fourth-order valence-corrected chi connectivity index (χ4v) is 8.27. The van der Waals surface area contributed by atoms with Crippen molar-refractivity contribution in [3.63, 3.8) is 0 Å². The van der Waals surface area contributed by atoms with Crippen LogP contribution in [0.15, 0.2) is 41.5 Å². The van der Waals surface area contributed by atoms with Gasteiger partial charge in [0.05, 0.1) is 16.9 Å². The number of hydrogen-bond donors (Lipinski definition) is 2. The first-order valence-electron chi connectivity index (χ1n) is 16.6. The molecule has 0 saturated carbocycles. The lowest BCUT2D eigenvalue weighted by atomic mass is 9.86. The van der Waals surface area contributed by atoms with E-state index in [0.29, 0.717) is 86.1 Å². The van der Waals surface area contributed by atoms with Crippen LogP contribution in [0.4, 0.5) is 14.6 Å². The Balaban J connectivity index is 1.44. The number of aryl methyl sites for hydroxylation is 1. The molecule has 256 valence electrons. The molecule has 4 heterocycles. The second-order valence-corrected chi connectivity index (χ2v) is 15.1. The van der Waals surface area contributed by atoms with Crippen LogP contribution in [0.1, 0.15) is 86.9 Å². The van der Waals surface area contributed by atoms with Crippen molar-refractivity contribution in [2.75, 3.05) is 37.0 Å². The van der Waals surface area contributed by atoms with Gasteiger partial charge in [-0.1, -0.05) is 31.0 Å². The molecule has 0 radical (unpaired) electrons. The van der Waals surface area contributed by atoms with Crippen LogP contribution in [-0.4, -0.2) is 67.0 Å². The fraction of sp³-hybridized carbons (Fsp3) is 0.588. The Morgan fingerprint density at radius 1 is 1.11 bits per heavy atom. The number of piperidine rings is 1. The number of halogens is 2. The van der Waals surface area contributed by atoms with E-state index in [1.165, 1.54) is 19.5 Å². The number of fused-ring (bicyclic) bond motifs is 1. The van der Waals surface area contributed by atoms with Crippen molar-refractivity contribution in [3.05, 3.63) is 63.7 Å². The smallest absolute Gasteiger partial charge is 0.276 e. The van der Waals surface area contributed by atoms with Crippen LogP contribution in [0.25, 0.3) is 11.0 Å². The summed E-state index contributed by atoms with van der Waals surface area (Å²) in [7, 11) is -1.63. The van der Waals surface area contributed by atoms with Gasteiger partial charge in [-0.3, -0.25) is 9.36 Å². The van der Waals surface area contributed by atoms with E-state index in [9.17, 15) is 18.0 Å². The van der Waals surface area contributed by atoms with E-state index in [0.717, 1.165) is 19.1 Å². The summed E-state index contributed by atoms with van der Waals surface area (Å²) in [6.07, 6.45) is 6.03. The summed E-state index contributed by atoms with van der Waals surface area (Å²) in [5, 5.41) is 7.15. The third-order valence-corrected chi connectivity index (χ3v) is 11.4. The summed E-state index contributed by atoms with van der Waals surface area (Å²) >= 11 is 0. The quantitative estimate of drug-likeness (QED) is 0.177. The number of alkyl halides is 2. The summed E-state index contributed by atoms with van der Waals surface area (Å²) in [5.74, 6) is -3.38. The zero-order chi connectivity index (χ0) is 33.6. The molecule has 5 rings (SSSR count). The number of unbranched alkanes of at least 4 members (excludes halogenated alkanes) is 2. The minimum absolute atomic E-state index is 0.00330. The third-order valence-electron chi connectivity index (χ3n) is 9.71. The number of carbonyl (C=O) groups excluding carboxylic acids is 1. The minimum atomic E-state index is -3.13. The van der Waals surface area contributed by atoms with Gasteiger partial charge < -0.3 is 20.2 Å². The number of benzene rings is 1. The van der Waals surface area contributed by atoms with Gasteiger partial charge in [-0.05, 0) is 82.2 Å². The van der Waals surface area contributed by atoms with Gasteiger partial charge in [0.2, 0.25) is 0 Å². The summed E-state index contributed by atoms with van der Waals surface area (Å²) in [4.78, 5) is 34.0. The Labute approximate surface area is 274 Å². The van der Waals surface area contributed by atoms with Crippen molar-refractivity contribution < 1.29 is 26.7 Å². The molecule has 2 unspecified atom stereocenters. The first kappa shape index (κ1) is 35.0. The highest BCUT2D eigenvalue weighted by Gasteiger charge is 2.41. The molecule has 3 aromatic rings. The molecule has 2 aromatic heterocycles. The maximum Gasteiger partial charge on any atom is 0.276 e. The zero-order valence-corrected chi connectivity index (χ0v) is 27.9.